The van der Waals surface area contributed by atoms with Gasteiger partial charge in [-0.1, -0.05) is 23.7 Å². The number of halogens is 2. The molecule has 0 saturated carbocycles. The summed E-state index contributed by atoms with van der Waals surface area (Å²) in [6, 6.07) is 5.48. The Bertz CT molecular complexity index is 237. The Kier molecular flexibility index (Phi) is 2.95. The molecule has 0 aliphatic heterocycles. The standard InChI is InChI=1S/C7H5ClIO/c8-7-5(4-10)2-1-3-6(7)9/h1-4,10H. The topological polar surface area (TPSA) is 20.2 Å². The van der Waals surface area contributed by atoms with E-state index in [-0.39, 0.29) is 0 Å². The van der Waals surface area contributed by atoms with Crippen molar-refractivity contribution in [2.45, 2.75) is 0 Å². The van der Waals surface area contributed by atoms with Crippen molar-refractivity contribution in [1.29, 1.82) is 0 Å². The Labute approximate surface area is 78.2 Å². The SMILES string of the molecule is O[CH]c1cccc(I)c1Cl. The van der Waals surface area contributed by atoms with E-state index in [0.717, 1.165) is 10.2 Å². The van der Waals surface area contributed by atoms with Crippen LogP contribution in [0.2, 0.25) is 5.02 Å². The van der Waals surface area contributed by atoms with Crippen LogP contribution < -0.4 is 0 Å². The number of benzene rings is 1. The van der Waals surface area contributed by atoms with E-state index in [2.05, 4.69) is 22.6 Å². The maximum atomic E-state index is 8.63. The zero-order valence-corrected chi connectivity index (χ0v) is 7.93. The summed E-state index contributed by atoms with van der Waals surface area (Å²) in [6.45, 7) is 1.00. The van der Waals surface area contributed by atoms with Crippen molar-refractivity contribution in [2.75, 3.05) is 0 Å². The van der Waals surface area contributed by atoms with Crippen LogP contribution in [0, 0.1) is 10.2 Å². The van der Waals surface area contributed by atoms with Crippen LogP contribution >= 0.6 is 34.2 Å². The fraction of sp³-hybridized carbons (Fsp3) is 0. The molecule has 1 radical (unpaired) electrons. The van der Waals surface area contributed by atoms with Crippen molar-refractivity contribution in [3.8, 4) is 0 Å². The lowest BCUT2D eigenvalue weighted by Gasteiger charge is -1.99. The zero-order valence-electron chi connectivity index (χ0n) is 5.01. The van der Waals surface area contributed by atoms with E-state index < -0.39 is 0 Å². The van der Waals surface area contributed by atoms with Crippen LogP contribution in [0.5, 0.6) is 0 Å². The fourth-order valence-corrected chi connectivity index (χ4v) is 1.31. The Morgan fingerprint density at radius 3 is 2.70 bits per heavy atom. The number of rotatable bonds is 1. The van der Waals surface area contributed by atoms with Gasteiger partial charge in [0.25, 0.3) is 0 Å². The molecule has 0 heterocycles. The first-order valence-corrected chi connectivity index (χ1v) is 4.13. The summed E-state index contributed by atoms with van der Waals surface area (Å²) in [6.07, 6.45) is 0. The molecule has 0 unspecified atom stereocenters. The lowest BCUT2D eigenvalue weighted by Crippen LogP contribution is -1.83. The van der Waals surface area contributed by atoms with Gasteiger partial charge in [0, 0.05) is 9.13 Å². The summed E-state index contributed by atoms with van der Waals surface area (Å²) >= 11 is 7.90. The molecule has 0 amide bonds. The van der Waals surface area contributed by atoms with Gasteiger partial charge in [0.1, 0.15) is 6.61 Å². The molecule has 0 fully saturated rings. The van der Waals surface area contributed by atoms with Crippen molar-refractivity contribution in [3.63, 3.8) is 0 Å². The normalized spacial score (nSPS) is 9.90. The highest BCUT2D eigenvalue weighted by atomic mass is 127. The Hall–Kier alpha value is 0.200. The molecule has 1 rings (SSSR count). The minimum Gasteiger partial charge on any atom is -0.385 e. The number of hydrogen-bond donors (Lipinski definition) is 1. The first-order valence-electron chi connectivity index (χ1n) is 2.67. The summed E-state index contributed by atoms with van der Waals surface area (Å²) in [5.74, 6) is 0. The van der Waals surface area contributed by atoms with Crippen LogP contribution in [-0.2, 0) is 0 Å². The molecule has 1 N–H and O–H groups in total. The van der Waals surface area contributed by atoms with Gasteiger partial charge in [-0.05, 0) is 28.7 Å². The second kappa shape index (κ2) is 3.55. The van der Waals surface area contributed by atoms with E-state index >= 15 is 0 Å². The summed E-state index contributed by atoms with van der Waals surface area (Å²) in [5, 5.41) is 9.23. The lowest BCUT2D eigenvalue weighted by molar-refractivity contribution is 0.415. The largest absolute Gasteiger partial charge is 0.385 e. The molecule has 1 aromatic rings. The van der Waals surface area contributed by atoms with Crippen molar-refractivity contribution in [3.05, 3.63) is 39.0 Å². The molecule has 53 valence electrons. The monoisotopic (exact) mass is 267 g/mol. The minimum absolute atomic E-state index is 0.602. The van der Waals surface area contributed by atoms with Crippen molar-refractivity contribution in [1.82, 2.24) is 0 Å². The molecule has 3 heteroatoms. The zero-order chi connectivity index (χ0) is 7.56. The van der Waals surface area contributed by atoms with Gasteiger partial charge in [0.15, 0.2) is 0 Å². The first kappa shape index (κ1) is 8.30. The molecule has 10 heavy (non-hydrogen) atoms. The molecule has 0 aliphatic rings. The van der Waals surface area contributed by atoms with Crippen LogP contribution in [0.1, 0.15) is 5.56 Å². The molecule has 1 nitrogen and oxygen atoms in total. The van der Waals surface area contributed by atoms with Crippen molar-refractivity contribution in [2.24, 2.45) is 0 Å². The van der Waals surface area contributed by atoms with Crippen LogP contribution in [0.15, 0.2) is 18.2 Å². The maximum absolute atomic E-state index is 8.63. The van der Waals surface area contributed by atoms with Gasteiger partial charge in [-0.3, -0.25) is 0 Å². The minimum atomic E-state index is 0.602. The van der Waals surface area contributed by atoms with Gasteiger partial charge in [-0.2, -0.15) is 0 Å². The molecular weight excluding hydrogens is 262 g/mol. The number of aliphatic hydroxyl groups is 1. The molecule has 0 atom stereocenters. The summed E-state index contributed by atoms with van der Waals surface area (Å²) in [5.41, 5.74) is 0.661. The maximum Gasteiger partial charge on any atom is 0.111 e. The highest BCUT2D eigenvalue weighted by molar-refractivity contribution is 14.1. The van der Waals surface area contributed by atoms with E-state index in [1.165, 1.54) is 0 Å². The van der Waals surface area contributed by atoms with Gasteiger partial charge in [-0.25, -0.2) is 0 Å². The van der Waals surface area contributed by atoms with Crippen LogP contribution in [0.4, 0.5) is 0 Å². The highest BCUT2D eigenvalue weighted by Gasteiger charge is 2.00. The smallest absolute Gasteiger partial charge is 0.111 e. The molecular formula is C7H5ClIO. The second-order valence-electron chi connectivity index (χ2n) is 1.77. The molecule has 0 aromatic heterocycles. The van der Waals surface area contributed by atoms with Gasteiger partial charge in [0.2, 0.25) is 0 Å². The first-order chi connectivity index (χ1) is 4.75. The van der Waals surface area contributed by atoms with Crippen LogP contribution in [0.25, 0.3) is 0 Å². The molecule has 0 spiro atoms. The van der Waals surface area contributed by atoms with Gasteiger partial charge in [0.05, 0.1) is 5.02 Å². The summed E-state index contributed by atoms with van der Waals surface area (Å²) in [4.78, 5) is 0. The summed E-state index contributed by atoms with van der Waals surface area (Å²) < 4.78 is 0.946. The third-order valence-corrected chi connectivity index (χ3v) is 2.76. The number of aliphatic hydroxyl groups excluding tert-OH is 1. The molecule has 0 saturated heterocycles. The lowest BCUT2D eigenvalue weighted by atomic mass is 10.2. The quantitative estimate of drug-likeness (QED) is 0.776. The van der Waals surface area contributed by atoms with Gasteiger partial charge >= 0.3 is 0 Å². The van der Waals surface area contributed by atoms with E-state index in [1.54, 1.807) is 6.07 Å². The average molecular weight is 267 g/mol. The van der Waals surface area contributed by atoms with E-state index in [9.17, 15) is 0 Å². The van der Waals surface area contributed by atoms with E-state index in [1.807, 2.05) is 12.1 Å². The van der Waals surface area contributed by atoms with E-state index in [0.29, 0.717) is 10.6 Å². The highest BCUT2D eigenvalue weighted by Crippen LogP contribution is 2.22. The van der Waals surface area contributed by atoms with Gasteiger partial charge in [-0.15, -0.1) is 0 Å². The number of hydrogen-bond acceptors (Lipinski definition) is 1. The molecule has 1 aromatic carbocycles. The Morgan fingerprint density at radius 1 is 1.50 bits per heavy atom. The average Bonchev–Trinajstić information content (AvgIpc) is 1.95. The van der Waals surface area contributed by atoms with Gasteiger partial charge < -0.3 is 5.11 Å². The fourth-order valence-electron chi connectivity index (χ4n) is 0.620. The third-order valence-electron chi connectivity index (χ3n) is 1.12. The second-order valence-corrected chi connectivity index (χ2v) is 3.31. The molecule has 0 aliphatic carbocycles. The van der Waals surface area contributed by atoms with Crippen LogP contribution in [0.3, 0.4) is 0 Å². The summed E-state index contributed by atoms with van der Waals surface area (Å²) in [7, 11) is 0. The van der Waals surface area contributed by atoms with Crippen molar-refractivity contribution >= 4 is 34.2 Å². The van der Waals surface area contributed by atoms with Crippen LogP contribution in [-0.4, -0.2) is 5.11 Å². The predicted octanol–water partition coefficient (Wildman–Crippen LogP) is 2.83. The molecule has 0 bridgehead atoms. The Balaban J connectivity index is 3.14. The van der Waals surface area contributed by atoms with Crippen molar-refractivity contribution < 1.29 is 5.11 Å². The Morgan fingerprint density at radius 2 is 2.20 bits per heavy atom. The third kappa shape index (κ3) is 1.62. The van der Waals surface area contributed by atoms with E-state index in [4.69, 9.17) is 16.7 Å². The predicted molar refractivity (Wildman–Crippen MR) is 49.5 cm³/mol.